The molecule has 9 heteroatoms. The third-order valence-electron chi connectivity index (χ3n) is 5.81. The summed E-state index contributed by atoms with van der Waals surface area (Å²) < 4.78 is 21.0. The van der Waals surface area contributed by atoms with E-state index in [0.29, 0.717) is 34.0 Å². The fraction of sp³-hybridized carbons (Fsp3) is 0.478. The predicted molar refractivity (Wildman–Crippen MR) is 132 cm³/mol. The summed E-state index contributed by atoms with van der Waals surface area (Å²) in [6.07, 6.45) is 3.74. The molecule has 1 atom stereocenters. The number of amides is 1. The van der Waals surface area contributed by atoms with Crippen LogP contribution in [0.1, 0.15) is 58.7 Å². The van der Waals surface area contributed by atoms with E-state index in [4.69, 9.17) is 4.74 Å². The summed E-state index contributed by atoms with van der Waals surface area (Å²) in [6.45, 7) is 5.81. The lowest BCUT2D eigenvalue weighted by atomic mass is 9.85. The molecule has 0 unspecified atom stereocenters. The molecule has 1 aromatic carbocycles. The average Bonchev–Trinajstić information content (AvgIpc) is 3.05. The molecule has 4 rings (SSSR count). The quantitative estimate of drug-likeness (QED) is 0.354. The minimum Gasteiger partial charge on any atom is -0.460 e. The van der Waals surface area contributed by atoms with E-state index in [9.17, 15) is 14.0 Å². The van der Waals surface area contributed by atoms with Crippen LogP contribution < -0.4 is 16.0 Å². The molecule has 0 radical (unpaired) electrons. The van der Waals surface area contributed by atoms with Gasteiger partial charge in [-0.15, -0.1) is 11.3 Å². The molecule has 0 aliphatic carbocycles. The second-order valence-corrected chi connectivity index (χ2v) is 11.4. The summed E-state index contributed by atoms with van der Waals surface area (Å²) in [4.78, 5) is 26.6. The second kappa shape index (κ2) is 9.64. The lowest BCUT2D eigenvalue weighted by Gasteiger charge is -2.24. The molecule has 3 heterocycles. The van der Waals surface area contributed by atoms with Gasteiger partial charge in [0, 0.05) is 16.2 Å². The first kappa shape index (κ1) is 23.4. The molecule has 0 bridgehead atoms. The van der Waals surface area contributed by atoms with Crippen molar-refractivity contribution in [2.24, 2.45) is 5.41 Å². The van der Waals surface area contributed by atoms with Crippen molar-refractivity contribution in [3.8, 4) is 0 Å². The van der Waals surface area contributed by atoms with Crippen LogP contribution in [0, 0.1) is 14.8 Å². The Hall–Kier alpha value is -1.72. The lowest BCUT2D eigenvalue weighted by Crippen LogP contribution is -2.38. The van der Waals surface area contributed by atoms with Crippen molar-refractivity contribution in [1.82, 2.24) is 10.6 Å². The highest BCUT2D eigenvalue weighted by molar-refractivity contribution is 14.1. The van der Waals surface area contributed by atoms with Crippen molar-refractivity contribution >= 4 is 56.5 Å². The highest BCUT2D eigenvalue weighted by atomic mass is 127. The third kappa shape index (κ3) is 5.26. The van der Waals surface area contributed by atoms with Crippen LogP contribution in [0.2, 0.25) is 0 Å². The van der Waals surface area contributed by atoms with E-state index in [-0.39, 0.29) is 29.7 Å². The van der Waals surface area contributed by atoms with Gasteiger partial charge in [0.1, 0.15) is 17.4 Å². The monoisotopic (exact) mass is 571 g/mol. The summed E-state index contributed by atoms with van der Waals surface area (Å²) in [5.74, 6) is -1.11. The zero-order valence-corrected chi connectivity index (χ0v) is 21.1. The number of ether oxygens (including phenoxy) is 1. The fourth-order valence-electron chi connectivity index (χ4n) is 4.09. The van der Waals surface area contributed by atoms with E-state index in [2.05, 4.69) is 16.0 Å². The highest BCUT2D eigenvalue weighted by Gasteiger charge is 2.35. The second-order valence-electron chi connectivity index (χ2n) is 9.13. The Morgan fingerprint density at radius 3 is 2.91 bits per heavy atom. The fourth-order valence-corrected chi connectivity index (χ4v) is 5.68. The Bertz CT molecular complexity index is 1030. The Balaban J connectivity index is 1.69. The number of fused-ring (bicyclic) bond motifs is 1. The van der Waals surface area contributed by atoms with Gasteiger partial charge in [-0.3, -0.25) is 4.79 Å². The molecule has 0 saturated carbocycles. The topological polar surface area (TPSA) is 79.5 Å². The van der Waals surface area contributed by atoms with E-state index < -0.39 is 11.8 Å². The summed E-state index contributed by atoms with van der Waals surface area (Å²) in [5, 5.41) is 9.81. The molecule has 1 fully saturated rings. The predicted octanol–water partition coefficient (Wildman–Crippen LogP) is 4.85. The molecule has 2 aliphatic heterocycles. The van der Waals surface area contributed by atoms with Crippen LogP contribution in [0.25, 0.3) is 0 Å². The normalized spacial score (nSPS) is 20.1. The first-order chi connectivity index (χ1) is 15.2. The van der Waals surface area contributed by atoms with Gasteiger partial charge in [0.05, 0.1) is 16.1 Å². The van der Waals surface area contributed by atoms with Gasteiger partial charge in [-0.2, -0.15) is 0 Å². The molecule has 2 aliphatic rings. The molecule has 0 spiro atoms. The molecule has 3 N–H and O–H groups in total. The van der Waals surface area contributed by atoms with Crippen LogP contribution in [-0.2, 0) is 11.2 Å². The van der Waals surface area contributed by atoms with Crippen molar-refractivity contribution in [2.75, 3.05) is 25.0 Å². The number of carbonyl (C=O) groups excluding carboxylic acids is 2. The number of thiophene rings is 1. The zero-order valence-electron chi connectivity index (χ0n) is 18.1. The van der Waals surface area contributed by atoms with Gasteiger partial charge in [-0.1, -0.05) is 20.3 Å². The molecule has 6 nitrogen and oxygen atoms in total. The van der Waals surface area contributed by atoms with Crippen molar-refractivity contribution in [2.45, 2.75) is 45.6 Å². The van der Waals surface area contributed by atoms with Crippen molar-refractivity contribution < 1.29 is 18.7 Å². The van der Waals surface area contributed by atoms with Gasteiger partial charge in [-0.05, 0) is 77.6 Å². The number of hydrogen-bond donors (Lipinski definition) is 3. The van der Waals surface area contributed by atoms with Gasteiger partial charge in [0.15, 0.2) is 0 Å². The van der Waals surface area contributed by atoms with Gasteiger partial charge >= 0.3 is 5.97 Å². The minimum atomic E-state index is -0.478. The van der Waals surface area contributed by atoms with Crippen molar-refractivity contribution in [3.05, 3.63) is 43.6 Å². The standard InChI is InChI=1S/C23H27FIN3O3S/c1-23(2)10-15-18(22(30)31-11-14-5-3-4-8-26-14)21(32-19(15)20(29)27-12-23)28-17-7-6-13(25)9-16(17)24/h6-7,9,14,26,28H,3-5,8,10-12H2,1-2H3,(H,27,29)/t14-/m1/s1. The van der Waals surface area contributed by atoms with Gasteiger partial charge in [-0.25, -0.2) is 9.18 Å². The Morgan fingerprint density at radius 2 is 2.19 bits per heavy atom. The number of hydrogen-bond acceptors (Lipinski definition) is 6. The number of halogens is 2. The van der Waals surface area contributed by atoms with Crippen LogP contribution in [0.5, 0.6) is 0 Å². The molecule has 1 saturated heterocycles. The number of esters is 1. The number of nitrogens with one attached hydrogen (secondary N) is 3. The number of anilines is 2. The summed E-state index contributed by atoms with van der Waals surface area (Å²) in [6, 6.07) is 4.97. The molecule has 172 valence electrons. The third-order valence-corrected chi connectivity index (χ3v) is 7.62. The number of rotatable bonds is 5. The molecular formula is C23H27FIN3O3S. The summed E-state index contributed by atoms with van der Waals surface area (Å²) in [5.41, 5.74) is 1.03. The zero-order chi connectivity index (χ0) is 22.9. The van der Waals surface area contributed by atoms with E-state index in [1.54, 1.807) is 12.1 Å². The van der Waals surface area contributed by atoms with Crippen LogP contribution in [0.4, 0.5) is 15.1 Å². The number of benzene rings is 1. The summed E-state index contributed by atoms with van der Waals surface area (Å²) in [7, 11) is 0. The molecule has 32 heavy (non-hydrogen) atoms. The average molecular weight is 571 g/mol. The van der Waals surface area contributed by atoms with Crippen molar-refractivity contribution in [3.63, 3.8) is 0 Å². The van der Waals surface area contributed by atoms with E-state index in [1.807, 2.05) is 36.4 Å². The first-order valence-corrected chi connectivity index (χ1v) is 12.7. The number of piperidine rings is 1. The van der Waals surface area contributed by atoms with E-state index in [1.165, 1.54) is 17.4 Å². The molecule has 1 aromatic heterocycles. The highest BCUT2D eigenvalue weighted by Crippen LogP contribution is 2.41. The Morgan fingerprint density at radius 1 is 1.38 bits per heavy atom. The van der Waals surface area contributed by atoms with Gasteiger partial charge in [0.2, 0.25) is 0 Å². The van der Waals surface area contributed by atoms with Gasteiger partial charge in [0.25, 0.3) is 5.91 Å². The van der Waals surface area contributed by atoms with Crippen LogP contribution >= 0.6 is 33.9 Å². The number of carbonyl (C=O) groups is 2. The van der Waals surface area contributed by atoms with Crippen LogP contribution in [0.15, 0.2) is 18.2 Å². The van der Waals surface area contributed by atoms with Crippen LogP contribution in [-0.4, -0.2) is 37.6 Å². The van der Waals surface area contributed by atoms with E-state index in [0.717, 1.165) is 29.4 Å². The minimum absolute atomic E-state index is 0.134. The maximum atomic E-state index is 14.5. The molecule has 1 amide bonds. The molecule has 2 aromatic rings. The van der Waals surface area contributed by atoms with Gasteiger partial charge < -0.3 is 20.7 Å². The Labute approximate surface area is 204 Å². The van der Waals surface area contributed by atoms with Crippen molar-refractivity contribution in [1.29, 1.82) is 0 Å². The largest absolute Gasteiger partial charge is 0.460 e. The summed E-state index contributed by atoms with van der Waals surface area (Å²) >= 11 is 3.22. The first-order valence-electron chi connectivity index (χ1n) is 10.8. The smallest absolute Gasteiger partial charge is 0.341 e. The Kier molecular flexibility index (Phi) is 7.06. The van der Waals surface area contributed by atoms with E-state index >= 15 is 0 Å². The SMILES string of the molecule is CC1(C)CNC(=O)c2sc(Nc3ccc(I)cc3F)c(C(=O)OC[C@H]3CCCCN3)c2C1. The van der Waals surface area contributed by atoms with Crippen LogP contribution in [0.3, 0.4) is 0 Å². The lowest BCUT2D eigenvalue weighted by molar-refractivity contribution is 0.0451. The molecular weight excluding hydrogens is 544 g/mol. The maximum absolute atomic E-state index is 14.5. The maximum Gasteiger partial charge on any atom is 0.341 e.